The Labute approximate surface area is 127 Å². The number of nitrogen functional groups attached to an aromatic ring is 1. The normalized spacial score (nSPS) is 10.1. The summed E-state index contributed by atoms with van der Waals surface area (Å²) in [4.78, 5) is 16.7. The molecule has 0 radical (unpaired) electrons. The van der Waals surface area contributed by atoms with Crippen LogP contribution in [0.25, 0.3) is 0 Å². The molecule has 1 aromatic heterocycles. The maximum atomic E-state index is 11.8. The van der Waals surface area contributed by atoms with E-state index in [4.69, 9.17) is 10.5 Å². The standard InChI is InChI=1S/C15H17N3O2S/c1-20-12-4-2-3-11(7-12)8-18-15(19)10-21-13-5-6-14(16)17-9-13/h2-7,9H,8,10H2,1H3,(H2,16,17)(H,18,19). The number of hydrogen-bond acceptors (Lipinski definition) is 5. The Morgan fingerprint density at radius 3 is 2.95 bits per heavy atom. The average molecular weight is 303 g/mol. The summed E-state index contributed by atoms with van der Waals surface area (Å²) in [6, 6.07) is 11.2. The molecule has 1 amide bonds. The molecule has 0 aliphatic rings. The Morgan fingerprint density at radius 2 is 2.24 bits per heavy atom. The van der Waals surface area contributed by atoms with Crippen LogP contribution in [0.3, 0.4) is 0 Å². The molecule has 3 N–H and O–H groups in total. The van der Waals surface area contributed by atoms with Gasteiger partial charge in [-0.3, -0.25) is 4.79 Å². The summed E-state index contributed by atoms with van der Waals surface area (Å²) in [5.74, 6) is 1.57. The topological polar surface area (TPSA) is 77.2 Å². The van der Waals surface area contributed by atoms with Crippen LogP contribution in [0, 0.1) is 0 Å². The predicted octanol–water partition coefficient (Wildman–Crippen LogP) is 2.08. The summed E-state index contributed by atoms with van der Waals surface area (Å²) in [5.41, 5.74) is 6.51. The summed E-state index contributed by atoms with van der Waals surface area (Å²) in [7, 11) is 1.62. The second kappa shape index (κ2) is 7.54. The molecule has 0 bridgehead atoms. The number of amides is 1. The highest BCUT2D eigenvalue weighted by atomic mass is 32.2. The quantitative estimate of drug-likeness (QED) is 0.799. The van der Waals surface area contributed by atoms with Crippen molar-refractivity contribution < 1.29 is 9.53 Å². The minimum atomic E-state index is -0.0281. The van der Waals surface area contributed by atoms with Crippen molar-refractivity contribution in [3.8, 4) is 5.75 Å². The summed E-state index contributed by atoms with van der Waals surface area (Å²) >= 11 is 1.43. The first-order valence-electron chi connectivity index (χ1n) is 6.41. The van der Waals surface area contributed by atoms with E-state index in [2.05, 4.69) is 10.3 Å². The minimum absolute atomic E-state index is 0.0281. The molecule has 0 unspecified atom stereocenters. The second-order valence-electron chi connectivity index (χ2n) is 4.34. The third kappa shape index (κ3) is 5.00. The van der Waals surface area contributed by atoms with Crippen molar-refractivity contribution in [1.82, 2.24) is 10.3 Å². The fourth-order valence-electron chi connectivity index (χ4n) is 1.66. The Morgan fingerprint density at radius 1 is 1.38 bits per heavy atom. The van der Waals surface area contributed by atoms with Crippen molar-refractivity contribution >= 4 is 23.5 Å². The molecule has 1 heterocycles. The van der Waals surface area contributed by atoms with Crippen molar-refractivity contribution in [2.24, 2.45) is 0 Å². The molecule has 0 atom stereocenters. The van der Waals surface area contributed by atoms with Crippen LogP contribution in [-0.4, -0.2) is 23.8 Å². The number of methoxy groups -OCH3 is 1. The van der Waals surface area contributed by atoms with Crippen LogP contribution in [0.5, 0.6) is 5.75 Å². The molecule has 2 aromatic rings. The van der Waals surface area contributed by atoms with E-state index in [1.165, 1.54) is 11.8 Å². The van der Waals surface area contributed by atoms with Gasteiger partial charge in [-0.15, -0.1) is 11.8 Å². The van der Waals surface area contributed by atoms with Crippen LogP contribution < -0.4 is 15.8 Å². The number of ether oxygens (including phenoxy) is 1. The van der Waals surface area contributed by atoms with Gasteiger partial charge in [0.25, 0.3) is 0 Å². The molecule has 5 nitrogen and oxygen atoms in total. The summed E-state index contributed by atoms with van der Waals surface area (Å²) in [5, 5.41) is 2.87. The molecule has 0 aliphatic heterocycles. The highest BCUT2D eigenvalue weighted by molar-refractivity contribution is 8.00. The van der Waals surface area contributed by atoms with Crippen molar-refractivity contribution in [1.29, 1.82) is 0 Å². The second-order valence-corrected chi connectivity index (χ2v) is 5.38. The predicted molar refractivity (Wildman–Crippen MR) is 84.2 cm³/mol. The molecule has 0 aliphatic carbocycles. The van der Waals surface area contributed by atoms with Gasteiger partial charge in [-0.1, -0.05) is 12.1 Å². The number of carbonyl (C=O) groups is 1. The van der Waals surface area contributed by atoms with Gasteiger partial charge in [-0.25, -0.2) is 4.98 Å². The smallest absolute Gasteiger partial charge is 0.230 e. The van der Waals surface area contributed by atoms with Gasteiger partial charge in [-0.2, -0.15) is 0 Å². The van der Waals surface area contributed by atoms with Gasteiger partial charge in [0.15, 0.2) is 0 Å². The number of aromatic nitrogens is 1. The van der Waals surface area contributed by atoms with Gasteiger partial charge in [0.2, 0.25) is 5.91 Å². The molecule has 2 rings (SSSR count). The Bertz CT molecular complexity index is 602. The van der Waals surface area contributed by atoms with Crippen molar-refractivity contribution in [3.63, 3.8) is 0 Å². The number of pyridine rings is 1. The molecule has 0 spiro atoms. The third-order valence-electron chi connectivity index (χ3n) is 2.75. The fourth-order valence-corrected chi connectivity index (χ4v) is 2.35. The summed E-state index contributed by atoms with van der Waals surface area (Å²) in [6.45, 7) is 0.483. The number of nitrogens with one attached hydrogen (secondary N) is 1. The third-order valence-corrected chi connectivity index (χ3v) is 3.73. The van der Waals surface area contributed by atoms with Gasteiger partial charge >= 0.3 is 0 Å². The molecule has 1 aromatic carbocycles. The highest BCUT2D eigenvalue weighted by Crippen LogP contribution is 2.17. The maximum absolute atomic E-state index is 11.8. The van der Waals surface area contributed by atoms with E-state index in [-0.39, 0.29) is 5.91 Å². The Kier molecular flexibility index (Phi) is 5.45. The van der Waals surface area contributed by atoms with Crippen LogP contribution in [0.15, 0.2) is 47.5 Å². The lowest BCUT2D eigenvalue weighted by molar-refractivity contribution is -0.118. The monoisotopic (exact) mass is 303 g/mol. The fraction of sp³-hybridized carbons (Fsp3) is 0.200. The Balaban J connectivity index is 1.78. The van der Waals surface area contributed by atoms with Crippen LogP contribution in [0.4, 0.5) is 5.82 Å². The largest absolute Gasteiger partial charge is 0.497 e. The van der Waals surface area contributed by atoms with E-state index in [0.29, 0.717) is 18.1 Å². The molecular weight excluding hydrogens is 286 g/mol. The van der Waals surface area contributed by atoms with Gasteiger partial charge in [0, 0.05) is 17.6 Å². The van der Waals surface area contributed by atoms with Gasteiger partial charge < -0.3 is 15.8 Å². The van der Waals surface area contributed by atoms with Crippen molar-refractivity contribution in [3.05, 3.63) is 48.2 Å². The zero-order valence-corrected chi connectivity index (χ0v) is 12.5. The molecule has 0 saturated carbocycles. The number of nitrogens with two attached hydrogens (primary N) is 1. The average Bonchev–Trinajstić information content (AvgIpc) is 2.52. The van der Waals surface area contributed by atoms with Crippen LogP contribution in [-0.2, 0) is 11.3 Å². The van der Waals surface area contributed by atoms with Gasteiger partial charge in [0.05, 0.1) is 12.9 Å². The molecule has 6 heteroatoms. The first-order valence-corrected chi connectivity index (χ1v) is 7.40. The number of hydrogen-bond donors (Lipinski definition) is 2. The van der Waals surface area contributed by atoms with E-state index < -0.39 is 0 Å². The number of carbonyl (C=O) groups excluding carboxylic acids is 1. The number of anilines is 1. The first kappa shape index (κ1) is 15.2. The van der Waals surface area contributed by atoms with Crippen molar-refractivity contribution in [2.45, 2.75) is 11.4 Å². The lowest BCUT2D eigenvalue weighted by atomic mass is 10.2. The van der Waals surface area contributed by atoms with E-state index in [9.17, 15) is 4.79 Å². The zero-order valence-electron chi connectivity index (χ0n) is 11.7. The van der Waals surface area contributed by atoms with E-state index in [0.717, 1.165) is 16.2 Å². The minimum Gasteiger partial charge on any atom is -0.497 e. The molecular formula is C15H17N3O2S. The number of benzene rings is 1. The molecule has 110 valence electrons. The van der Waals surface area contributed by atoms with Crippen LogP contribution in [0.2, 0.25) is 0 Å². The first-order chi connectivity index (χ1) is 10.2. The van der Waals surface area contributed by atoms with E-state index in [1.54, 1.807) is 19.4 Å². The van der Waals surface area contributed by atoms with E-state index >= 15 is 0 Å². The number of nitrogens with zero attached hydrogens (tertiary/aromatic N) is 1. The van der Waals surface area contributed by atoms with Gasteiger partial charge in [-0.05, 0) is 29.8 Å². The molecule has 21 heavy (non-hydrogen) atoms. The number of rotatable bonds is 6. The Hall–Kier alpha value is -2.21. The van der Waals surface area contributed by atoms with Crippen LogP contribution in [0.1, 0.15) is 5.56 Å². The van der Waals surface area contributed by atoms with E-state index in [1.807, 2.05) is 30.3 Å². The van der Waals surface area contributed by atoms with Gasteiger partial charge in [0.1, 0.15) is 11.6 Å². The molecule has 0 saturated heterocycles. The van der Waals surface area contributed by atoms with Crippen LogP contribution >= 0.6 is 11.8 Å². The zero-order chi connectivity index (χ0) is 15.1. The lowest BCUT2D eigenvalue weighted by Crippen LogP contribution is -2.24. The lowest BCUT2D eigenvalue weighted by Gasteiger charge is -2.07. The maximum Gasteiger partial charge on any atom is 0.230 e. The highest BCUT2D eigenvalue weighted by Gasteiger charge is 2.04. The summed E-state index contributed by atoms with van der Waals surface area (Å²) < 4.78 is 5.14. The SMILES string of the molecule is COc1cccc(CNC(=O)CSc2ccc(N)nc2)c1. The molecule has 0 fully saturated rings. The van der Waals surface area contributed by atoms with Crippen molar-refractivity contribution in [2.75, 3.05) is 18.6 Å². The number of thioether (sulfide) groups is 1. The summed E-state index contributed by atoms with van der Waals surface area (Å²) in [6.07, 6.45) is 1.66.